The molecule has 1 aromatic carbocycles. The molecular formula is C11H15NO. The van der Waals surface area contributed by atoms with E-state index in [1.165, 1.54) is 12.0 Å². The van der Waals surface area contributed by atoms with Gasteiger partial charge >= 0.3 is 0 Å². The van der Waals surface area contributed by atoms with Crippen LogP contribution in [0, 0.1) is 6.92 Å². The average Bonchev–Trinajstić information content (AvgIpc) is 2.01. The molecule has 2 N–H and O–H groups in total. The number of benzene rings is 1. The first-order valence-corrected chi connectivity index (χ1v) is 4.73. The first-order valence-electron chi connectivity index (χ1n) is 4.73. The lowest BCUT2D eigenvalue weighted by atomic mass is 9.89. The van der Waals surface area contributed by atoms with Crippen molar-refractivity contribution in [1.82, 2.24) is 0 Å². The molecule has 0 aromatic heterocycles. The molecule has 13 heavy (non-hydrogen) atoms. The predicted molar refractivity (Wildman–Crippen MR) is 52.6 cm³/mol. The van der Waals surface area contributed by atoms with Gasteiger partial charge in [-0.05, 0) is 31.0 Å². The number of rotatable bonds is 2. The summed E-state index contributed by atoms with van der Waals surface area (Å²) in [5.74, 6) is 0.891. The van der Waals surface area contributed by atoms with Crippen molar-refractivity contribution in [3.8, 4) is 5.75 Å². The molecular weight excluding hydrogens is 162 g/mol. The van der Waals surface area contributed by atoms with Crippen LogP contribution < -0.4 is 10.5 Å². The number of hydrogen-bond acceptors (Lipinski definition) is 2. The first kappa shape index (κ1) is 8.57. The van der Waals surface area contributed by atoms with Gasteiger partial charge < -0.3 is 4.74 Å². The van der Waals surface area contributed by atoms with Crippen LogP contribution in [0.3, 0.4) is 0 Å². The monoisotopic (exact) mass is 177 g/mol. The Bertz CT molecular complexity index is 305. The lowest BCUT2D eigenvalue weighted by Crippen LogP contribution is -2.51. The third kappa shape index (κ3) is 1.83. The van der Waals surface area contributed by atoms with Crippen LogP contribution in [0.2, 0.25) is 0 Å². The van der Waals surface area contributed by atoms with Crippen molar-refractivity contribution in [1.29, 1.82) is 0 Å². The summed E-state index contributed by atoms with van der Waals surface area (Å²) in [7, 11) is 0. The van der Waals surface area contributed by atoms with E-state index in [-0.39, 0.29) is 5.72 Å². The summed E-state index contributed by atoms with van der Waals surface area (Å²) in [5.41, 5.74) is 6.79. The quantitative estimate of drug-likeness (QED) is 0.703. The van der Waals surface area contributed by atoms with Gasteiger partial charge in [0, 0.05) is 12.8 Å². The van der Waals surface area contributed by atoms with Crippen LogP contribution >= 0.6 is 0 Å². The predicted octanol–water partition coefficient (Wildman–Crippen LogP) is 2.21. The van der Waals surface area contributed by atoms with E-state index in [2.05, 4.69) is 13.0 Å². The van der Waals surface area contributed by atoms with Gasteiger partial charge in [0.25, 0.3) is 0 Å². The zero-order chi connectivity index (χ0) is 9.31. The van der Waals surface area contributed by atoms with Crippen LogP contribution in [-0.2, 0) is 0 Å². The lowest BCUT2D eigenvalue weighted by Gasteiger charge is -2.38. The van der Waals surface area contributed by atoms with Gasteiger partial charge in [-0.3, -0.25) is 5.73 Å². The van der Waals surface area contributed by atoms with Crippen molar-refractivity contribution in [3.63, 3.8) is 0 Å². The molecule has 0 saturated heterocycles. The summed E-state index contributed by atoms with van der Waals surface area (Å²) < 4.78 is 5.70. The molecule has 0 bridgehead atoms. The SMILES string of the molecule is Cc1cccc(OC2(N)CCC2)c1. The maximum atomic E-state index is 5.96. The van der Waals surface area contributed by atoms with Crippen LogP contribution in [0.4, 0.5) is 0 Å². The Morgan fingerprint density at radius 2 is 2.15 bits per heavy atom. The van der Waals surface area contributed by atoms with Gasteiger partial charge in [0.2, 0.25) is 0 Å². The second-order valence-electron chi connectivity index (χ2n) is 3.84. The normalized spacial score (nSPS) is 19.2. The van der Waals surface area contributed by atoms with Gasteiger partial charge in [-0.1, -0.05) is 12.1 Å². The zero-order valence-corrected chi connectivity index (χ0v) is 7.92. The fourth-order valence-electron chi connectivity index (χ4n) is 1.54. The molecule has 0 radical (unpaired) electrons. The minimum atomic E-state index is -0.381. The Balaban J connectivity index is 2.09. The van der Waals surface area contributed by atoms with E-state index < -0.39 is 0 Å². The van der Waals surface area contributed by atoms with Crippen LogP contribution in [0.1, 0.15) is 24.8 Å². The second-order valence-corrected chi connectivity index (χ2v) is 3.84. The summed E-state index contributed by atoms with van der Waals surface area (Å²) in [4.78, 5) is 0. The maximum absolute atomic E-state index is 5.96. The van der Waals surface area contributed by atoms with E-state index in [0.717, 1.165) is 18.6 Å². The molecule has 0 amide bonds. The molecule has 0 unspecified atom stereocenters. The van der Waals surface area contributed by atoms with Gasteiger partial charge in [-0.15, -0.1) is 0 Å². The van der Waals surface area contributed by atoms with Crippen molar-refractivity contribution in [2.24, 2.45) is 5.73 Å². The minimum absolute atomic E-state index is 0.381. The van der Waals surface area contributed by atoms with E-state index >= 15 is 0 Å². The van der Waals surface area contributed by atoms with Crippen LogP contribution in [0.25, 0.3) is 0 Å². The highest BCUT2D eigenvalue weighted by Crippen LogP contribution is 2.31. The summed E-state index contributed by atoms with van der Waals surface area (Å²) in [6.07, 6.45) is 3.13. The molecule has 1 aromatic rings. The Morgan fingerprint density at radius 3 is 2.69 bits per heavy atom. The molecule has 1 fully saturated rings. The highest BCUT2D eigenvalue weighted by molar-refractivity contribution is 5.28. The zero-order valence-electron chi connectivity index (χ0n) is 7.92. The standard InChI is InChI=1S/C11H15NO/c1-9-4-2-5-10(8-9)13-11(12)6-3-7-11/h2,4-5,8H,3,6-7,12H2,1H3. The van der Waals surface area contributed by atoms with Gasteiger partial charge in [-0.2, -0.15) is 0 Å². The minimum Gasteiger partial charge on any atom is -0.473 e. The number of hydrogen-bond donors (Lipinski definition) is 1. The summed E-state index contributed by atoms with van der Waals surface area (Å²) >= 11 is 0. The molecule has 0 atom stereocenters. The van der Waals surface area contributed by atoms with E-state index in [1.807, 2.05) is 18.2 Å². The third-order valence-corrected chi connectivity index (χ3v) is 2.51. The number of aryl methyl sites for hydroxylation is 1. The lowest BCUT2D eigenvalue weighted by molar-refractivity contribution is -0.000943. The Kier molecular flexibility index (Phi) is 2.00. The first-order chi connectivity index (χ1) is 6.18. The molecule has 0 spiro atoms. The van der Waals surface area contributed by atoms with Crippen molar-refractivity contribution >= 4 is 0 Å². The molecule has 1 aliphatic carbocycles. The van der Waals surface area contributed by atoms with Crippen molar-refractivity contribution in [3.05, 3.63) is 29.8 Å². The summed E-state index contributed by atoms with van der Waals surface area (Å²) in [6.45, 7) is 2.05. The fourth-order valence-corrected chi connectivity index (χ4v) is 1.54. The van der Waals surface area contributed by atoms with Crippen molar-refractivity contribution in [2.45, 2.75) is 31.9 Å². The molecule has 2 heteroatoms. The van der Waals surface area contributed by atoms with Gasteiger partial charge in [-0.25, -0.2) is 0 Å². The molecule has 0 heterocycles. The summed E-state index contributed by atoms with van der Waals surface area (Å²) in [5, 5.41) is 0. The smallest absolute Gasteiger partial charge is 0.158 e. The average molecular weight is 177 g/mol. The van der Waals surface area contributed by atoms with Gasteiger partial charge in [0.1, 0.15) is 5.75 Å². The van der Waals surface area contributed by atoms with Crippen LogP contribution in [0.5, 0.6) is 5.75 Å². The topological polar surface area (TPSA) is 35.2 Å². The van der Waals surface area contributed by atoms with E-state index in [4.69, 9.17) is 10.5 Å². The Labute approximate surface area is 78.7 Å². The number of ether oxygens (including phenoxy) is 1. The van der Waals surface area contributed by atoms with Gasteiger partial charge in [0.05, 0.1) is 0 Å². The van der Waals surface area contributed by atoms with Crippen LogP contribution in [-0.4, -0.2) is 5.72 Å². The molecule has 70 valence electrons. The molecule has 2 nitrogen and oxygen atoms in total. The van der Waals surface area contributed by atoms with E-state index in [0.29, 0.717) is 0 Å². The van der Waals surface area contributed by atoms with Crippen molar-refractivity contribution in [2.75, 3.05) is 0 Å². The fraction of sp³-hybridized carbons (Fsp3) is 0.455. The van der Waals surface area contributed by atoms with E-state index in [9.17, 15) is 0 Å². The highest BCUT2D eigenvalue weighted by Gasteiger charge is 2.34. The number of nitrogens with two attached hydrogens (primary N) is 1. The van der Waals surface area contributed by atoms with Crippen LogP contribution in [0.15, 0.2) is 24.3 Å². The maximum Gasteiger partial charge on any atom is 0.158 e. The largest absolute Gasteiger partial charge is 0.473 e. The molecule has 1 saturated carbocycles. The van der Waals surface area contributed by atoms with Crippen molar-refractivity contribution < 1.29 is 4.74 Å². The molecule has 1 aliphatic rings. The summed E-state index contributed by atoms with van der Waals surface area (Å²) in [6, 6.07) is 8.02. The second kappa shape index (κ2) is 3.04. The molecule has 0 aliphatic heterocycles. The van der Waals surface area contributed by atoms with Gasteiger partial charge in [0.15, 0.2) is 5.72 Å². The molecule has 2 rings (SSSR count). The van der Waals surface area contributed by atoms with E-state index in [1.54, 1.807) is 0 Å². The Morgan fingerprint density at radius 1 is 1.38 bits per heavy atom. The highest BCUT2D eigenvalue weighted by atomic mass is 16.5. The third-order valence-electron chi connectivity index (χ3n) is 2.51. The Hall–Kier alpha value is -1.02.